The second-order valence-corrected chi connectivity index (χ2v) is 5.81. The first-order valence-electron chi connectivity index (χ1n) is 6.00. The molecule has 5 atom stereocenters. The van der Waals surface area contributed by atoms with E-state index in [1.165, 1.54) is 0 Å². The van der Waals surface area contributed by atoms with E-state index in [9.17, 15) is 9.59 Å². The van der Waals surface area contributed by atoms with Gasteiger partial charge in [0.1, 0.15) is 0 Å². The molecule has 0 aromatic rings. The van der Waals surface area contributed by atoms with Crippen LogP contribution in [0.5, 0.6) is 0 Å². The number of carbonyl (C=O) groups excluding carboxylic acids is 2. The first-order valence-corrected chi connectivity index (χ1v) is 6.00. The summed E-state index contributed by atoms with van der Waals surface area (Å²) in [6, 6.07) is 0. The third kappa shape index (κ3) is 1.13. The third-order valence-electron chi connectivity index (χ3n) is 4.96. The summed E-state index contributed by atoms with van der Waals surface area (Å²) in [5, 5.41) is 0. The quantitative estimate of drug-likeness (QED) is 0.540. The highest BCUT2D eigenvalue weighted by Crippen LogP contribution is 2.69. The Kier molecular flexibility index (Phi) is 1.86. The molecule has 4 heteroatoms. The molecule has 4 nitrogen and oxygen atoms in total. The average Bonchev–Trinajstić information content (AvgIpc) is 2.72. The molecule has 17 heavy (non-hydrogen) atoms. The van der Waals surface area contributed by atoms with Crippen LogP contribution in [0.15, 0.2) is 12.7 Å². The first-order chi connectivity index (χ1) is 7.92. The number of esters is 2. The zero-order chi connectivity index (χ0) is 12.4. The number of hydrogen-bond acceptors (Lipinski definition) is 4. The summed E-state index contributed by atoms with van der Waals surface area (Å²) in [6.07, 6.45) is 2.64. The molecule has 0 aromatic heterocycles. The van der Waals surface area contributed by atoms with Gasteiger partial charge in [0.25, 0.3) is 5.79 Å². The van der Waals surface area contributed by atoms with Gasteiger partial charge in [-0.3, -0.25) is 4.79 Å². The highest BCUT2D eigenvalue weighted by Gasteiger charge is 2.74. The maximum Gasteiger partial charge on any atom is 0.333 e. The lowest BCUT2D eigenvalue weighted by atomic mass is 9.72. The molecule has 3 rings (SSSR count). The van der Waals surface area contributed by atoms with Gasteiger partial charge in [-0.1, -0.05) is 20.4 Å². The summed E-state index contributed by atoms with van der Waals surface area (Å²) in [4.78, 5) is 23.3. The van der Waals surface area contributed by atoms with Crippen molar-refractivity contribution >= 4 is 11.9 Å². The van der Waals surface area contributed by atoms with Gasteiger partial charge in [0, 0.05) is 12.5 Å². The van der Waals surface area contributed by atoms with Crippen molar-refractivity contribution in [2.75, 3.05) is 0 Å². The van der Waals surface area contributed by atoms with Crippen LogP contribution in [0.4, 0.5) is 0 Å². The minimum absolute atomic E-state index is 0.0268. The van der Waals surface area contributed by atoms with Gasteiger partial charge in [-0.2, -0.15) is 0 Å². The van der Waals surface area contributed by atoms with E-state index >= 15 is 0 Å². The van der Waals surface area contributed by atoms with Gasteiger partial charge in [0.05, 0.1) is 11.8 Å². The van der Waals surface area contributed by atoms with Crippen molar-refractivity contribution in [2.24, 2.45) is 23.2 Å². The predicted octanol–water partition coefficient (Wildman–Crippen LogP) is 1.65. The molecular formula is C13H16O4. The lowest BCUT2D eigenvalue weighted by Crippen LogP contribution is -2.42. The van der Waals surface area contributed by atoms with Gasteiger partial charge in [0.2, 0.25) is 0 Å². The second-order valence-electron chi connectivity index (χ2n) is 5.81. The Hall–Kier alpha value is -1.32. The summed E-state index contributed by atoms with van der Waals surface area (Å²) < 4.78 is 10.8. The van der Waals surface area contributed by atoms with Crippen LogP contribution in [0, 0.1) is 23.2 Å². The molecule has 3 fully saturated rings. The number of fused-ring (bicyclic) bond motifs is 1. The lowest BCUT2D eigenvalue weighted by molar-refractivity contribution is -0.221. The van der Waals surface area contributed by atoms with Gasteiger partial charge in [-0.25, -0.2) is 4.79 Å². The highest BCUT2D eigenvalue weighted by atomic mass is 16.7. The fourth-order valence-corrected chi connectivity index (χ4v) is 4.02. The van der Waals surface area contributed by atoms with E-state index in [1.54, 1.807) is 0 Å². The van der Waals surface area contributed by atoms with Crippen LogP contribution in [0.3, 0.4) is 0 Å². The SMILES string of the molecule is C=CC(=O)OC12CC3(C)CC1C(C(=O)O2)C3C. The molecule has 0 aromatic carbocycles. The van der Waals surface area contributed by atoms with Gasteiger partial charge in [0.15, 0.2) is 0 Å². The molecule has 2 saturated carbocycles. The van der Waals surface area contributed by atoms with Crippen LogP contribution in [0.25, 0.3) is 0 Å². The maximum atomic E-state index is 11.9. The molecule has 1 aliphatic heterocycles. The van der Waals surface area contributed by atoms with E-state index in [-0.39, 0.29) is 23.2 Å². The minimum Gasteiger partial charge on any atom is -0.422 e. The van der Waals surface area contributed by atoms with Crippen molar-refractivity contribution in [2.45, 2.75) is 32.5 Å². The Morgan fingerprint density at radius 1 is 1.65 bits per heavy atom. The largest absolute Gasteiger partial charge is 0.422 e. The van der Waals surface area contributed by atoms with Gasteiger partial charge in [-0.15, -0.1) is 0 Å². The molecule has 5 unspecified atom stereocenters. The molecule has 1 saturated heterocycles. The Labute approximate surface area is 100.0 Å². The van der Waals surface area contributed by atoms with Gasteiger partial charge < -0.3 is 9.47 Å². The van der Waals surface area contributed by atoms with E-state index in [0.717, 1.165) is 12.5 Å². The predicted molar refractivity (Wildman–Crippen MR) is 58.6 cm³/mol. The molecule has 1 heterocycles. The fourth-order valence-electron chi connectivity index (χ4n) is 4.02. The zero-order valence-electron chi connectivity index (χ0n) is 10.1. The Balaban J connectivity index is 1.98. The van der Waals surface area contributed by atoms with E-state index in [4.69, 9.17) is 9.47 Å². The Morgan fingerprint density at radius 2 is 2.35 bits per heavy atom. The first kappa shape index (κ1) is 10.8. The summed E-state index contributed by atoms with van der Waals surface area (Å²) in [7, 11) is 0. The standard InChI is InChI=1S/C13H16O4/c1-4-9(14)16-13-6-12(3)5-8(13)10(7(12)2)11(15)17-13/h4,7-8,10H,1,5-6H2,2-3H3. The number of hydrogen-bond donors (Lipinski definition) is 0. The highest BCUT2D eigenvalue weighted by molar-refractivity contribution is 5.83. The Morgan fingerprint density at radius 3 is 2.94 bits per heavy atom. The topological polar surface area (TPSA) is 52.6 Å². The molecule has 3 aliphatic rings. The van der Waals surface area contributed by atoms with Crippen LogP contribution in [-0.4, -0.2) is 17.7 Å². The van der Waals surface area contributed by atoms with Crippen molar-refractivity contribution in [1.82, 2.24) is 0 Å². The van der Waals surface area contributed by atoms with E-state index in [1.807, 2.05) is 0 Å². The molecule has 0 radical (unpaired) electrons. The number of rotatable bonds is 2. The number of ether oxygens (including phenoxy) is 2. The van der Waals surface area contributed by atoms with Gasteiger partial charge >= 0.3 is 11.9 Å². The molecular weight excluding hydrogens is 220 g/mol. The lowest BCUT2D eigenvalue weighted by Gasteiger charge is -2.35. The Bertz CT molecular complexity index is 429. The van der Waals surface area contributed by atoms with Crippen molar-refractivity contribution in [3.8, 4) is 0 Å². The van der Waals surface area contributed by atoms with Crippen LogP contribution >= 0.6 is 0 Å². The molecule has 0 spiro atoms. The minimum atomic E-state index is -1.01. The summed E-state index contributed by atoms with van der Waals surface area (Å²) in [5.74, 6) is -1.50. The van der Waals surface area contributed by atoms with Crippen LogP contribution in [-0.2, 0) is 19.1 Å². The van der Waals surface area contributed by atoms with E-state index in [0.29, 0.717) is 12.3 Å². The second kappa shape index (κ2) is 2.92. The average molecular weight is 236 g/mol. The fraction of sp³-hybridized carbons (Fsp3) is 0.692. The van der Waals surface area contributed by atoms with E-state index in [2.05, 4.69) is 20.4 Å². The van der Waals surface area contributed by atoms with Crippen molar-refractivity contribution in [1.29, 1.82) is 0 Å². The van der Waals surface area contributed by atoms with Crippen LogP contribution in [0.1, 0.15) is 26.7 Å². The zero-order valence-corrected chi connectivity index (χ0v) is 10.1. The van der Waals surface area contributed by atoms with Crippen LogP contribution < -0.4 is 0 Å². The van der Waals surface area contributed by atoms with E-state index < -0.39 is 11.8 Å². The van der Waals surface area contributed by atoms with Crippen LogP contribution in [0.2, 0.25) is 0 Å². The maximum absolute atomic E-state index is 11.9. The summed E-state index contributed by atoms with van der Waals surface area (Å²) >= 11 is 0. The van der Waals surface area contributed by atoms with Crippen molar-refractivity contribution in [3.05, 3.63) is 12.7 Å². The summed E-state index contributed by atoms with van der Waals surface area (Å²) in [5.41, 5.74) is 0.0446. The van der Waals surface area contributed by atoms with Crippen molar-refractivity contribution in [3.63, 3.8) is 0 Å². The van der Waals surface area contributed by atoms with Crippen molar-refractivity contribution < 1.29 is 19.1 Å². The smallest absolute Gasteiger partial charge is 0.333 e. The molecule has 0 amide bonds. The van der Waals surface area contributed by atoms with Gasteiger partial charge in [-0.05, 0) is 17.8 Å². The number of carbonyl (C=O) groups is 2. The summed E-state index contributed by atoms with van der Waals surface area (Å²) in [6.45, 7) is 7.62. The molecule has 0 N–H and O–H groups in total. The molecule has 92 valence electrons. The normalized spacial score (nSPS) is 50.2. The molecule has 2 aliphatic carbocycles. The third-order valence-corrected chi connectivity index (χ3v) is 4.96. The monoisotopic (exact) mass is 236 g/mol. The molecule has 2 bridgehead atoms.